The zero-order valence-corrected chi connectivity index (χ0v) is 8.67. The Morgan fingerprint density at radius 3 is 0.875 bits per heavy atom. The van der Waals surface area contributed by atoms with E-state index in [1.54, 1.807) is 0 Å². The monoisotopic (exact) mass is 305 g/mol. The summed E-state index contributed by atoms with van der Waals surface area (Å²) in [6.45, 7) is 4.50. The third-order valence-corrected chi connectivity index (χ3v) is 0. The van der Waals surface area contributed by atoms with Crippen molar-refractivity contribution in [1.82, 2.24) is 0 Å². The van der Waals surface area contributed by atoms with E-state index in [-0.39, 0.29) is 0 Å². The molecular weight excluding hydrogens is 306 g/mol. The fourth-order valence-corrected chi connectivity index (χ4v) is 0. The molecule has 0 saturated carbocycles. The van der Waals surface area contributed by atoms with Crippen molar-refractivity contribution in [1.29, 1.82) is 0 Å². The second-order valence-corrected chi connectivity index (χ2v) is 26.9. The van der Waals surface area contributed by atoms with E-state index in [9.17, 15) is 0 Å². The summed E-state index contributed by atoms with van der Waals surface area (Å²) in [4.78, 5) is 0. The van der Waals surface area contributed by atoms with E-state index in [1.807, 2.05) is 0 Å². The Bertz CT molecular complexity index is 70.6. The molecule has 8 heavy (non-hydrogen) atoms. The van der Waals surface area contributed by atoms with E-state index in [4.69, 9.17) is 53.1 Å². The van der Waals surface area contributed by atoms with E-state index < -0.39 is 8.65 Å². The predicted molar refractivity (Wildman–Crippen MR) is 33.2 cm³/mol. The summed E-state index contributed by atoms with van der Waals surface area (Å²) in [5, 5.41) is 0. The maximum absolute atomic E-state index is 7.50. The van der Waals surface area contributed by atoms with Crippen LogP contribution in [0.2, 0.25) is 0 Å². The average molecular weight is 306 g/mol. The molecule has 0 atom stereocenters. The summed E-state index contributed by atoms with van der Waals surface area (Å²) in [5.41, 5.74) is 0. The minimum atomic E-state index is -4.11. The Balaban J connectivity index is 0. The molecule has 0 aliphatic carbocycles. The molecule has 0 spiro atoms. The van der Waals surface area contributed by atoms with Crippen LogP contribution in [-0.2, 0) is 13.3 Å². The molecule has 0 N–H and O–H groups in total. The van der Waals surface area contributed by atoms with Crippen LogP contribution in [0.3, 0.4) is 0 Å². The first kappa shape index (κ1) is 12.5. The van der Waals surface area contributed by atoms with Gasteiger partial charge in [0.25, 0.3) is 0 Å². The van der Waals surface area contributed by atoms with Crippen molar-refractivity contribution in [3.05, 3.63) is 6.65 Å². The van der Waals surface area contributed by atoms with E-state index in [2.05, 4.69) is 6.65 Å². The van der Waals surface area contributed by atoms with Gasteiger partial charge in [-0.3, -0.25) is 0 Å². The molecule has 0 aromatic heterocycles. The number of hydrogen-bond acceptors (Lipinski definition) is 0. The minimum absolute atomic E-state index is 4.11. The molecule has 1 nitrogen and oxygen atoms in total. The fraction of sp³-hybridized carbons (Fsp3) is 0. The number of rotatable bonds is 0. The normalized spacial score (nSPS) is 14.6. The van der Waals surface area contributed by atoms with Crippen LogP contribution >= 0.6 is 48.5 Å². The van der Waals surface area contributed by atoms with Gasteiger partial charge in [0, 0.05) is 0 Å². The Morgan fingerprint density at radius 2 is 0.875 bits per heavy atom. The Labute approximate surface area is 67.9 Å². The summed E-state index contributed by atoms with van der Waals surface area (Å²) in [5.74, 6) is 0. The van der Waals surface area contributed by atoms with Crippen molar-refractivity contribution in [3.8, 4) is 0 Å². The van der Waals surface area contributed by atoms with Gasteiger partial charge in [0.05, 0.1) is 0 Å². The molecule has 0 fully saturated rings. The molecule has 0 aromatic carbocycles. The standard InChI is InChI=1S/CO.5ClH.Ru/c1-2;;;;;;/h;5*1H;/q;;;;;;+5/p-5. The maximum atomic E-state index is 7.50. The van der Waals surface area contributed by atoms with Gasteiger partial charge in [0.1, 0.15) is 0 Å². The topological polar surface area (TPSA) is 19.9 Å². The zero-order valence-electron chi connectivity index (χ0n) is 3.15. The van der Waals surface area contributed by atoms with Crippen LogP contribution in [0.1, 0.15) is 0 Å². The molecule has 0 radical (unpaired) electrons. The molecule has 0 rings (SSSR count). The van der Waals surface area contributed by atoms with Gasteiger partial charge >= 0.3 is 68.4 Å². The first-order chi connectivity index (χ1) is 3.24. The summed E-state index contributed by atoms with van der Waals surface area (Å²) in [6.07, 6.45) is 0. The van der Waals surface area contributed by atoms with Crippen molar-refractivity contribution >= 4 is 48.5 Å². The van der Waals surface area contributed by atoms with Crippen LogP contribution in [0.15, 0.2) is 0 Å². The Kier molecular flexibility index (Phi) is 6.02. The molecule has 0 aromatic rings. The van der Waals surface area contributed by atoms with Gasteiger partial charge in [-0.1, -0.05) is 0 Å². The predicted octanol–water partition coefficient (Wildman–Crippen LogP) is 3.41. The average Bonchev–Trinajstić information content (AvgIpc) is 1.33. The van der Waals surface area contributed by atoms with Crippen molar-refractivity contribution in [3.63, 3.8) is 0 Å². The molecule has 0 heterocycles. The van der Waals surface area contributed by atoms with Crippen molar-refractivity contribution in [2.24, 2.45) is 0 Å². The summed E-state index contributed by atoms with van der Waals surface area (Å²) >= 11 is 0. The number of halogens is 5. The van der Waals surface area contributed by atoms with Gasteiger partial charge in [-0.15, -0.1) is 0 Å². The van der Waals surface area contributed by atoms with Crippen molar-refractivity contribution in [2.75, 3.05) is 0 Å². The van der Waals surface area contributed by atoms with Gasteiger partial charge in [-0.2, -0.15) is 0 Å². The van der Waals surface area contributed by atoms with Crippen LogP contribution < -0.4 is 0 Å². The second kappa shape index (κ2) is 3.86. The number of hydrogen-bond donors (Lipinski definition) is 0. The van der Waals surface area contributed by atoms with E-state index >= 15 is 0 Å². The fourth-order valence-electron chi connectivity index (χ4n) is 0. The summed E-state index contributed by atoms with van der Waals surface area (Å²) < 4.78 is 7.50. The third kappa shape index (κ3) is 110. The van der Waals surface area contributed by atoms with Gasteiger partial charge in [0.2, 0.25) is 0 Å². The van der Waals surface area contributed by atoms with Gasteiger partial charge < -0.3 is 0 Å². The Hall–Kier alpha value is 1.81. The van der Waals surface area contributed by atoms with Gasteiger partial charge in [-0.25, -0.2) is 0 Å². The Morgan fingerprint density at radius 1 is 0.875 bits per heavy atom. The third-order valence-electron chi connectivity index (χ3n) is 0. The molecule has 0 amide bonds. The summed E-state index contributed by atoms with van der Waals surface area (Å²) in [7, 11) is 21.0. The van der Waals surface area contributed by atoms with Gasteiger partial charge in [0.15, 0.2) is 0 Å². The first-order valence-corrected chi connectivity index (χ1v) is 12.1. The summed E-state index contributed by atoms with van der Waals surface area (Å²) in [6, 6.07) is 0. The molecule has 0 bridgehead atoms. The molecular formula is CCl5ORu. The molecule has 0 aliphatic rings. The van der Waals surface area contributed by atoms with Crippen LogP contribution in [-0.4, -0.2) is 0 Å². The van der Waals surface area contributed by atoms with Crippen molar-refractivity contribution < 1.29 is 13.3 Å². The van der Waals surface area contributed by atoms with Gasteiger partial charge in [-0.05, 0) is 0 Å². The van der Waals surface area contributed by atoms with Crippen LogP contribution in [0.4, 0.5) is 0 Å². The van der Waals surface area contributed by atoms with E-state index in [0.29, 0.717) is 0 Å². The van der Waals surface area contributed by atoms with E-state index in [1.165, 1.54) is 0 Å². The SMILES string of the molecule is [C-]#[O+].[Cl][Ru]([Cl])([Cl])([Cl])[Cl]. The molecule has 53 valence electrons. The zero-order chi connectivity index (χ0) is 7.45. The molecule has 7 heteroatoms. The quantitative estimate of drug-likeness (QED) is 0.371. The van der Waals surface area contributed by atoms with Crippen molar-refractivity contribution in [2.45, 2.75) is 0 Å². The van der Waals surface area contributed by atoms with Crippen LogP contribution in [0.5, 0.6) is 0 Å². The van der Waals surface area contributed by atoms with E-state index in [0.717, 1.165) is 0 Å². The van der Waals surface area contributed by atoms with Crippen LogP contribution in [0.25, 0.3) is 0 Å². The molecule has 0 aliphatic heterocycles. The molecule has 0 unspecified atom stereocenters. The van der Waals surface area contributed by atoms with Crippen LogP contribution in [0, 0.1) is 6.65 Å². The molecule has 0 saturated heterocycles. The first-order valence-electron chi connectivity index (χ1n) is 0.872. The second-order valence-electron chi connectivity index (χ2n) is 0.505.